The summed E-state index contributed by atoms with van der Waals surface area (Å²) in [6.07, 6.45) is 56.3. The van der Waals surface area contributed by atoms with Gasteiger partial charge in [0.25, 0.3) is 0 Å². The van der Waals surface area contributed by atoms with Gasteiger partial charge in [-0.15, -0.1) is 0 Å². The SMILES string of the molecule is CC/C=C\C/C=C\C/C=C\CCCCCCCC(=O)OCC(COC(=O)CCCCCCCCCCCC)OC(=O)CCCCCCC/C=C\C/C=C\CCCCC. The predicted octanol–water partition coefficient (Wildman–Crippen LogP) is 15.7. The third-order valence-corrected chi connectivity index (χ3v) is 10.3. The molecule has 0 aromatic rings. The molecule has 0 saturated heterocycles. The molecule has 0 aromatic carbocycles. The Morgan fingerprint density at radius 1 is 0.362 bits per heavy atom. The van der Waals surface area contributed by atoms with Crippen LogP contribution in [0.2, 0.25) is 0 Å². The van der Waals surface area contributed by atoms with Gasteiger partial charge in [-0.05, 0) is 83.5 Å². The first-order valence-electron chi connectivity index (χ1n) is 24.3. The van der Waals surface area contributed by atoms with E-state index >= 15 is 0 Å². The Bertz CT molecular complexity index is 1070. The van der Waals surface area contributed by atoms with E-state index in [4.69, 9.17) is 14.2 Å². The van der Waals surface area contributed by atoms with Crippen molar-refractivity contribution in [3.63, 3.8) is 0 Å². The molecule has 0 aliphatic carbocycles. The van der Waals surface area contributed by atoms with Gasteiger partial charge in [0.2, 0.25) is 0 Å². The average molecular weight is 811 g/mol. The van der Waals surface area contributed by atoms with Crippen LogP contribution in [0.3, 0.4) is 0 Å². The topological polar surface area (TPSA) is 78.9 Å². The summed E-state index contributed by atoms with van der Waals surface area (Å²) < 4.78 is 16.7. The maximum Gasteiger partial charge on any atom is 0.306 e. The molecule has 1 unspecified atom stereocenters. The molecule has 0 saturated carbocycles. The molecule has 0 fully saturated rings. The van der Waals surface area contributed by atoms with Crippen molar-refractivity contribution in [2.75, 3.05) is 13.2 Å². The zero-order chi connectivity index (χ0) is 42.3. The zero-order valence-corrected chi connectivity index (χ0v) is 38.0. The van der Waals surface area contributed by atoms with Gasteiger partial charge in [0.1, 0.15) is 13.2 Å². The largest absolute Gasteiger partial charge is 0.462 e. The molecule has 334 valence electrons. The lowest BCUT2D eigenvalue weighted by Crippen LogP contribution is -2.30. The van der Waals surface area contributed by atoms with Crippen LogP contribution >= 0.6 is 0 Å². The second-order valence-corrected chi connectivity index (χ2v) is 16.0. The fraction of sp³-hybridized carbons (Fsp3) is 0.750. The van der Waals surface area contributed by atoms with Crippen LogP contribution < -0.4 is 0 Å². The first-order valence-corrected chi connectivity index (χ1v) is 24.3. The third kappa shape index (κ3) is 44.2. The van der Waals surface area contributed by atoms with Crippen LogP contribution in [0.25, 0.3) is 0 Å². The molecule has 0 aromatic heterocycles. The lowest BCUT2D eigenvalue weighted by Gasteiger charge is -2.18. The Kier molecular flexibility index (Phi) is 44.5. The summed E-state index contributed by atoms with van der Waals surface area (Å²) in [5.74, 6) is -0.917. The zero-order valence-electron chi connectivity index (χ0n) is 38.0. The third-order valence-electron chi connectivity index (χ3n) is 10.3. The van der Waals surface area contributed by atoms with Crippen LogP contribution in [0, 0.1) is 0 Å². The molecule has 0 aliphatic rings. The van der Waals surface area contributed by atoms with Crippen LogP contribution in [0.1, 0.15) is 233 Å². The highest BCUT2D eigenvalue weighted by molar-refractivity contribution is 5.71. The van der Waals surface area contributed by atoms with Crippen molar-refractivity contribution in [1.29, 1.82) is 0 Å². The van der Waals surface area contributed by atoms with E-state index in [-0.39, 0.29) is 31.1 Å². The first kappa shape index (κ1) is 55.1. The molecular weight excluding hydrogens is 721 g/mol. The Hall–Kier alpha value is -2.89. The minimum absolute atomic E-state index is 0.0845. The second kappa shape index (κ2) is 46.8. The summed E-state index contributed by atoms with van der Waals surface area (Å²) in [4.78, 5) is 37.8. The first-order chi connectivity index (χ1) is 28.5. The van der Waals surface area contributed by atoms with Gasteiger partial charge in [-0.25, -0.2) is 0 Å². The Morgan fingerprint density at radius 2 is 0.672 bits per heavy atom. The van der Waals surface area contributed by atoms with Crippen LogP contribution in [0.15, 0.2) is 60.8 Å². The van der Waals surface area contributed by atoms with Gasteiger partial charge in [-0.1, -0.05) is 191 Å². The summed E-state index contributed by atoms with van der Waals surface area (Å²) in [6.45, 7) is 6.46. The number of allylic oxidation sites excluding steroid dienone is 10. The summed E-state index contributed by atoms with van der Waals surface area (Å²) in [7, 11) is 0. The number of carbonyl (C=O) groups is 3. The van der Waals surface area contributed by atoms with Gasteiger partial charge in [0.05, 0.1) is 0 Å². The van der Waals surface area contributed by atoms with Gasteiger partial charge in [0, 0.05) is 19.3 Å². The lowest BCUT2D eigenvalue weighted by atomic mass is 10.1. The molecule has 0 rings (SSSR count). The quantitative estimate of drug-likeness (QED) is 0.0264. The number of hydrogen-bond acceptors (Lipinski definition) is 6. The molecule has 0 heterocycles. The van der Waals surface area contributed by atoms with Crippen molar-refractivity contribution in [3.8, 4) is 0 Å². The standard InChI is InChI=1S/C52H90O6/c1-4-7-10-13-16-19-22-24-26-28-30-33-36-39-42-45-51(54)57-48-49(47-56-50(53)44-41-38-35-32-21-18-15-12-9-6-3)58-52(55)46-43-40-37-34-31-29-27-25-23-20-17-14-11-8-5-2/h7,10,16-17,19-20,24-27,49H,4-6,8-9,11-15,18,21-23,28-48H2,1-3H3/b10-7-,19-16-,20-17-,26-24-,27-25-. The molecule has 0 aliphatic heterocycles. The summed E-state index contributed by atoms with van der Waals surface area (Å²) >= 11 is 0. The summed E-state index contributed by atoms with van der Waals surface area (Å²) in [5, 5.41) is 0. The average Bonchev–Trinajstić information content (AvgIpc) is 3.22. The molecule has 0 radical (unpaired) electrons. The van der Waals surface area contributed by atoms with E-state index in [0.29, 0.717) is 19.3 Å². The van der Waals surface area contributed by atoms with Crippen LogP contribution in [-0.4, -0.2) is 37.2 Å². The van der Waals surface area contributed by atoms with Crippen LogP contribution in [-0.2, 0) is 28.6 Å². The number of rotatable bonds is 43. The molecule has 6 nitrogen and oxygen atoms in total. The van der Waals surface area contributed by atoms with Gasteiger partial charge >= 0.3 is 17.9 Å². The molecule has 0 bridgehead atoms. The van der Waals surface area contributed by atoms with Crippen molar-refractivity contribution < 1.29 is 28.6 Å². The number of esters is 3. The van der Waals surface area contributed by atoms with E-state index in [0.717, 1.165) is 122 Å². The number of ether oxygens (including phenoxy) is 3. The Morgan fingerprint density at radius 3 is 1.09 bits per heavy atom. The fourth-order valence-electron chi connectivity index (χ4n) is 6.60. The monoisotopic (exact) mass is 811 g/mol. The molecule has 58 heavy (non-hydrogen) atoms. The van der Waals surface area contributed by atoms with E-state index in [1.807, 2.05) is 0 Å². The van der Waals surface area contributed by atoms with E-state index in [2.05, 4.69) is 81.5 Å². The minimum atomic E-state index is -0.785. The Balaban J connectivity index is 4.41. The van der Waals surface area contributed by atoms with Crippen molar-refractivity contribution in [3.05, 3.63) is 60.8 Å². The van der Waals surface area contributed by atoms with Gasteiger partial charge in [-0.2, -0.15) is 0 Å². The molecule has 0 spiro atoms. The van der Waals surface area contributed by atoms with E-state index in [1.165, 1.54) is 70.6 Å². The maximum atomic E-state index is 12.7. The van der Waals surface area contributed by atoms with E-state index in [9.17, 15) is 14.4 Å². The van der Waals surface area contributed by atoms with E-state index < -0.39 is 6.10 Å². The van der Waals surface area contributed by atoms with Crippen molar-refractivity contribution >= 4 is 17.9 Å². The summed E-state index contributed by atoms with van der Waals surface area (Å²) in [6, 6.07) is 0. The van der Waals surface area contributed by atoms with Gasteiger partial charge in [-0.3, -0.25) is 14.4 Å². The molecule has 6 heteroatoms. The second-order valence-electron chi connectivity index (χ2n) is 16.0. The molecule has 0 amide bonds. The molecule has 0 N–H and O–H groups in total. The molecule has 1 atom stereocenters. The predicted molar refractivity (Wildman–Crippen MR) is 247 cm³/mol. The number of hydrogen-bond donors (Lipinski definition) is 0. The normalized spacial score (nSPS) is 12.5. The smallest absolute Gasteiger partial charge is 0.306 e. The van der Waals surface area contributed by atoms with Gasteiger partial charge < -0.3 is 14.2 Å². The lowest BCUT2D eigenvalue weighted by molar-refractivity contribution is -0.167. The highest BCUT2D eigenvalue weighted by Gasteiger charge is 2.19. The van der Waals surface area contributed by atoms with Crippen molar-refractivity contribution in [2.45, 2.75) is 239 Å². The van der Waals surface area contributed by atoms with Gasteiger partial charge in [0.15, 0.2) is 6.10 Å². The minimum Gasteiger partial charge on any atom is -0.462 e. The number of unbranched alkanes of at least 4 members (excludes halogenated alkanes) is 22. The van der Waals surface area contributed by atoms with Crippen molar-refractivity contribution in [1.82, 2.24) is 0 Å². The van der Waals surface area contributed by atoms with E-state index in [1.54, 1.807) is 0 Å². The van der Waals surface area contributed by atoms with Crippen LogP contribution in [0.5, 0.6) is 0 Å². The Labute approximate surface area is 358 Å². The fourth-order valence-corrected chi connectivity index (χ4v) is 6.60. The summed E-state index contributed by atoms with van der Waals surface area (Å²) in [5.41, 5.74) is 0. The number of carbonyl (C=O) groups excluding carboxylic acids is 3. The van der Waals surface area contributed by atoms with Crippen LogP contribution in [0.4, 0.5) is 0 Å². The van der Waals surface area contributed by atoms with Crippen molar-refractivity contribution in [2.24, 2.45) is 0 Å². The highest BCUT2D eigenvalue weighted by atomic mass is 16.6. The maximum absolute atomic E-state index is 12.7. The molecular formula is C52H90O6. The highest BCUT2D eigenvalue weighted by Crippen LogP contribution is 2.14.